The van der Waals surface area contributed by atoms with Crippen LogP contribution in [0.15, 0.2) is 22.0 Å². The molecule has 1 aliphatic carbocycles. The minimum absolute atomic E-state index is 0.222. The number of hydrogen-bond donors (Lipinski definition) is 1. The average Bonchev–Trinajstić information content (AvgIpc) is 2.40. The molecule has 1 fully saturated rings. The van der Waals surface area contributed by atoms with Crippen LogP contribution >= 0.6 is 0 Å². The van der Waals surface area contributed by atoms with Crippen molar-refractivity contribution in [1.82, 2.24) is 9.13 Å². The summed E-state index contributed by atoms with van der Waals surface area (Å²) in [6.07, 6.45) is 8.14. The molecule has 18 heavy (non-hydrogen) atoms. The SMILES string of the molecule is Cn1ccn(CC(O)C2CCCCC2)c(=O)c1=O. The highest BCUT2D eigenvalue weighted by Gasteiger charge is 2.22. The molecule has 0 spiro atoms. The van der Waals surface area contributed by atoms with E-state index in [9.17, 15) is 14.7 Å². The second kappa shape index (κ2) is 5.52. The van der Waals surface area contributed by atoms with Crippen LogP contribution in [-0.4, -0.2) is 20.3 Å². The highest BCUT2D eigenvalue weighted by atomic mass is 16.3. The van der Waals surface area contributed by atoms with Crippen molar-refractivity contribution in [1.29, 1.82) is 0 Å². The van der Waals surface area contributed by atoms with Gasteiger partial charge in [0, 0.05) is 19.4 Å². The van der Waals surface area contributed by atoms with Crippen LogP contribution < -0.4 is 11.1 Å². The zero-order valence-corrected chi connectivity index (χ0v) is 10.7. The lowest BCUT2D eigenvalue weighted by Crippen LogP contribution is -2.42. The molecular weight excluding hydrogens is 232 g/mol. The summed E-state index contributed by atoms with van der Waals surface area (Å²) in [5.41, 5.74) is -1.11. The van der Waals surface area contributed by atoms with Gasteiger partial charge in [-0.05, 0) is 18.8 Å². The monoisotopic (exact) mass is 252 g/mol. The van der Waals surface area contributed by atoms with Gasteiger partial charge < -0.3 is 14.2 Å². The maximum atomic E-state index is 11.7. The van der Waals surface area contributed by atoms with Crippen LogP contribution in [-0.2, 0) is 13.6 Å². The number of aliphatic hydroxyl groups is 1. The number of aliphatic hydroxyl groups excluding tert-OH is 1. The first kappa shape index (κ1) is 13.1. The fourth-order valence-corrected chi connectivity index (χ4v) is 2.60. The van der Waals surface area contributed by atoms with Gasteiger partial charge in [0.15, 0.2) is 0 Å². The van der Waals surface area contributed by atoms with Crippen molar-refractivity contribution in [2.24, 2.45) is 13.0 Å². The Morgan fingerprint density at radius 3 is 2.56 bits per heavy atom. The summed E-state index contributed by atoms with van der Waals surface area (Å²) in [6.45, 7) is 0.222. The topological polar surface area (TPSA) is 64.2 Å². The summed E-state index contributed by atoms with van der Waals surface area (Å²) in [4.78, 5) is 23.2. The lowest BCUT2D eigenvalue weighted by molar-refractivity contribution is 0.0685. The van der Waals surface area contributed by atoms with Crippen LogP contribution in [0, 0.1) is 5.92 Å². The Morgan fingerprint density at radius 1 is 1.22 bits per heavy atom. The quantitative estimate of drug-likeness (QED) is 0.796. The van der Waals surface area contributed by atoms with E-state index in [1.165, 1.54) is 15.6 Å². The van der Waals surface area contributed by atoms with Crippen LogP contribution in [0.1, 0.15) is 32.1 Å². The van der Waals surface area contributed by atoms with Crippen molar-refractivity contribution >= 4 is 0 Å². The molecule has 2 rings (SSSR count). The lowest BCUT2D eigenvalue weighted by Gasteiger charge is -2.26. The molecule has 1 heterocycles. The Morgan fingerprint density at radius 2 is 1.89 bits per heavy atom. The zero-order chi connectivity index (χ0) is 13.1. The van der Waals surface area contributed by atoms with Crippen LogP contribution in [0.3, 0.4) is 0 Å². The molecule has 1 aliphatic rings. The minimum atomic E-state index is -0.560. The van der Waals surface area contributed by atoms with Gasteiger partial charge in [-0.15, -0.1) is 0 Å². The van der Waals surface area contributed by atoms with Crippen molar-refractivity contribution in [2.75, 3.05) is 0 Å². The molecule has 1 aromatic rings. The molecule has 0 aliphatic heterocycles. The van der Waals surface area contributed by atoms with Crippen molar-refractivity contribution in [3.05, 3.63) is 33.1 Å². The first-order valence-electron chi connectivity index (χ1n) is 6.53. The van der Waals surface area contributed by atoms with E-state index in [1.807, 2.05) is 0 Å². The molecule has 1 unspecified atom stereocenters. The number of hydrogen-bond acceptors (Lipinski definition) is 3. The third-order valence-corrected chi connectivity index (χ3v) is 3.81. The summed E-state index contributed by atoms with van der Waals surface area (Å²) in [5.74, 6) is 0.259. The van der Waals surface area contributed by atoms with Crippen molar-refractivity contribution in [3.63, 3.8) is 0 Å². The van der Waals surface area contributed by atoms with E-state index >= 15 is 0 Å². The molecule has 1 saturated carbocycles. The zero-order valence-electron chi connectivity index (χ0n) is 10.7. The Kier molecular flexibility index (Phi) is 4.01. The van der Waals surface area contributed by atoms with Gasteiger partial charge in [0.1, 0.15) is 0 Å². The predicted octanol–water partition coefficient (Wildman–Crippen LogP) is 0.488. The van der Waals surface area contributed by atoms with Crippen LogP contribution in [0.5, 0.6) is 0 Å². The van der Waals surface area contributed by atoms with Gasteiger partial charge in [0.2, 0.25) is 0 Å². The summed E-state index contributed by atoms with van der Waals surface area (Å²) < 4.78 is 2.58. The molecular formula is C13H20N2O3. The van der Waals surface area contributed by atoms with Crippen molar-refractivity contribution in [3.8, 4) is 0 Å². The predicted molar refractivity (Wildman–Crippen MR) is 68.5 cm³/mol. The van der Waals surface area contributed by atoms with Crippen LogP contribution in [0.4, 0.5) is 0 Å². The fourth-order valence-electron chi connectivity index (χ4n) is 2.60. The second-order valence-corrected chi connectivity index (χ2v) is 5.14. The van der Waals surface area contributed by atoms with Gasteiger partial charge in [-0.1, -0.05) is 19.3 Å². The van der Waals surface area contributed by atoms with E-state index < -0.39 is 17.2 Å². The highest BCUT2D eigenvalue weighted by Crippen LogP contribution is 2.26. The summed E-state index contributed by atoms with van der Waals surface area (Å²) in [5, 5.41) is 10.1. The summed E-state index contributed by atoms with van der Waals surface area (Å²) in [7, 11) is 1.55. The third kappa shape index (κ3) is 2.72. The van der Waals surface area contributed by atoms with E-state index in [0.29, 0.717) is 0 Å². The maximum Gasteiger partial charge on any atom is 0.316 e. The molecule has 0 saturated heterocycles. The van der Waals surface area contributed by atoms with Gasteiger partial charge >= 0.3 is 11.1 Å². The van der Waals surface area contributed by atoms with Gasteiger partial charge in [-0.2, -0.15) is 0 Å². The molecule has 5 heteroatoms. The van der Waals surface area contributed by atoms with Crippen LogP contribution in [0.25, 0.3) is 0 Å². The Labute approximate surface area is 106 Å². The normalized spacial score (nSPS) is 18.8. The van der Waals surface area contributed by atoms with E-state index in [1.54, 1.807) is 19.4 Å². The molecule has 0 amide bonds. The Bertz CT molecular complexity index is 512. The van der Waals surface area contributed by atoms with E-state index in [0.717, 1.165) is 25.7 Å². The number of aromatic nitrogens is 2. The molecule has 5 nitrogen and oxygen atoms in total. The van der Waals surface area contributed by atoms with Gasteiger partial charge in [-0.25, -0.2) is 0 Å². The molecule has 1 atom stereocenters. The number of aryl methyl sites for hydroxylation is 1. The second-order valence-electron chi connectivity index (χ2n) is 5.14. The summed E-state index contributed by atoms with van der Waals surface area (Å²) >= 11 is 0. The maximum absolute atomic E-state index is 11.7. The fraction of sp³-hybridized carbons (Fsp3) is 0.692. The smallest absolute Gasteiger partial charge is 0.316 e. The largest absolute Gasteiger partial charge is 0.391 e. The third-order valence-electron chi connectivity index (χ3n) is 3.81. The van der Waals surface area contributed by atoms with Gasteiger partial charge in [-0.3, -0.25) is 9.59 Å². The average molecular weight is 252 g/mol. The van der Waals surface area contributed by atoms with E-state index in [2.05, 4.69) is 0 Å². The van der Waals surface area contributed by atoms with Crippen molar-refractivity contribution in [2.45, 2.75) is 44.8 Å². The molecule has 0 aromatic carbocycles. The number of rotatable bonds is 3. The molecule has 1 aromatic heterocycles. The molecule has 1 N–H and O–H groups in total. The Balaban J connectivity index is 2.11. The van der Waals surface area contributed by atoms with Gasteiger partial charge in [0.05, 0.1) is 12.6 Å². The summed E-state index contributed by atoms with van der Waals surface area (Å²) in [6, 6.07) is 0. The molecule has 0 radical (unpaired) electrons. The lowest BCUT2D eigenvalue weighted by atomic mass is 9.85. The van der Waals surface area contributed by atoms with Gasteiger partial charge in [0.25, 0.3) is 0 Å². The molecule has 0 bridgehead atoms. The van der Waals surface area contributed by atoms with E-state index in [-0.39, 0.29) is 12.5 Å². The highest BCUT2D eigenvalue weighted by molar-refractivity contribution is 4.86. The molecule has 100 valence electrons. The minimum Gasteiger partial charge on any atom is -0.391 e. The van der Waals surface area contributed by atoms with Crippen LogP contribution in [0.2, 0.25) is 0 Å². The first-order valence-corrected chi connectivity index (χ1v) is 6.53. The van der Waals surface area contributed by atoms with Crippen molar-refractivity contribution < 1.29 is 5.11 Å². The number of nitrogens with zero attached hydrogens (tertiary/aromatic N) is 2. The first-order chi connectivity index (χ1) is 8.59. The Hall–Kier alpha value is -1.36. The van der Waals surface area contributed by atoms with E-state index in [4.69, 9.17) is 0 Å². The standard InChI is InChI=1S/C13H20N2O3/c1-14-7-8-15(13(18)12(14)17)9-11(16)10-5-3-2-4-6-10/h7-8,10-11,16H,2-6,9H2,1H3.